The molecule has 0 radical (unpaired) electrons. The van der Waals surface area contributed by atoms with E-state index in [0.717, 1.165) is 54.1 Å². The van der Waals surface area contributed by atoms with Gasteiger partial charge in [-0.15, -0.1) is 24.5 Å². The average Bonchev–Trinajstić information content (AvgIpc) is 3.00. The summed E-state index contributed by atoms with van der Waals surface area (Å²) in [5.74, 6) is -0.526. The maximum atomic E-state index is 12.9. The third-order valence-corrected chi connectivity index (χ3v) is 7.95. The van der Waals surface area contributed by atoms with Crippen molar-refractivity contribution in [3.8, 4) is 5.75 Å². The van der Waals surface area contributed by atoms with E-state index in [1.165, 1.54) is 15.6 Å². The van der Waals surface area contributed by atoms with Crippen LogP contribution in [0, 0.1) is 5.92 Å². The van der Waals surface area contributed by atoms with Crippen molar-refractivity contribution in [3.63, 3.8) is 0 Å². The molecule has 7 nitrogen and oxygen atoms in total. The lowest BCUT2D eigenvalue weighted by Crippen LogP contribution is -2.35. The Morgan fingerprint density at radius 3 is 2.53 bits per heavy atom. The molecule has 0 atom stereocenters. The van der Waals surface area contributed by atoms with E-state index < -0.39 is 22.1 Å². The van der Waals surface area contributed by atoms with Crippen molar-refractivity contribution in [1.82, 2.24) is 9.29 Å². The summed E-state index contributed by atoms with van der Waals surface area (Å²) in [5, 5.41) is 3.27. The van der Waals surface area contributed by atoms with Crippen molar-refractivity contribution in [2.24, 2.45) is 5.92 Å². The van der Waals surface area contributed by atoms with Crippen LogP contribution in [0.25, 0.3) is 0 Å². The number of nitrogens with one attached hydrogen (secondary N) is 1. The minimum atomic E-state index is -4.85. The van der Waals surface area contributed by atoms with E-state index in [4.69, 9.17) is 0 Å². The van der Waals surface area contributed by atoms with Crippen molar-refractivity contribution in [2.45, 2.75) is 43.5 Å². The van der Waals surface area contributed by atoms with E-state index in [1.807, 2.05) is 0 Å². The van der Waals surface area contributed by atoms with Crippen molar-refractivity contribution in [2.75, 3.05) is 11.9 Å². The Bertz CT molecular complexity index is 1050. The van der Waals surface area contributed by atoms with Gasteiger partial charge in [0.25, 0.3) is 0 Å². The van der Waals surface area contributed by atoms with Gasteiger partial charge in [0.2, 0.25) is 15.9 Å². The summed E-state index contributed by atoms with van der Waals surface area (Å²) in [6.45, 7) is 0.283. The number of nitrogens with zero attached hydrogens (tertiary/aromatic N) is 2. The van der Waals surface area contributed by atoms with Gasteiger partial charge in [-0.25, -0.2) is 13.4 Å². The molecule has 2 aliphatic rings. The van der Waals surface area contributed by atoms with Crippen LogP contribution in [-0.4, -0.2) is 36.5 Å². The topological polar surface area (TPSA) is 88.6 Å². The molecule has 162 valence electrons. The highest BCUT2D eigenvalue weighted by atomic mass is 32.2. The standard InChI is InChI=1S/C18H18F3N3O4S2/c19-18(20,21)28-12-4-6-13(7-5-12)30(26,27)24-9-8-14-15(10-24)29-17(22-14)23-16(25)11-2-1-3-11/h4-7,11H,1-3,8-10H2,(H,22,23,25). The van der Waals surface area contributed by atoms with E-state index in [-0.39, 0.29) is 29.8 Å². The zero-order valence-electron chi connectivity index (χ0n) is 15.6. The number of halogens is 3. The first-order chi connectivity index (χ1) is 14.1. The fraction of sp³-hybridized carbons (Fsp3) is 0.444. The summed E-state index contributed by atoms with van der Waals surface area (Å²) in [6, 6.07) is 4.11. The van der Waals surface area contributed by atoms with E-state index >= 15 is 0 Å². The van der Waals surface area contributed by atoms with Gasteiger partial charge in [-0.2, -0.15) is 4.31 Å². The molecule has 30 heavy (non-hydrogen) atoms. The third kappa shape index (κ3) is 4.44. The molecule has 4 rings (SSSR count). The Morgan fingerprint density at radius 1 is 1.23 bits per heavy atom. The maximum absolute atomic E-state index is 12.9. The summed E-state index contributed by atoms with van der Waals surface area (Å²) in [5.41, 5.74) is 0.754. The average molecular weight is 461 g/mol. The summed E-state index contributed by atoms with van der Waals surface area (Å²) in [4.78, 5) is 17.1. The van der Waals surface area contributed by atoms with Crippen molar-refractivity contribution < 1.29 is 31.1 Å². The van der Waals surface area contributed by atoms with Crippen LogP contribution in [0.3, 0.4) is 0 Å². The van der Waals surface area contributed by atoms with Crippen LogP contribution in [0.4, 0.5) is 18.3 Å². The number of ether oxygens (including phenoxy) is 1. The number of hydrogen-bond acceptors (Lipinski definition) is 6. The molecule has 1 aromatic heterocycles. The van der Waals surface area contributed by atoms with Crippen LogP contribution in [0.5, 0.6) is 5.75 Å². The van der Waals surface area contributed by atoms with E-state index in [0.29, 0.717) is 11.6 Å². The van der Waals surface area contributed by atoms with Gasteiger partial charge < -0.3 is 10.1 Å². The van der Waals surface area contributed by atoms with Gasteiger partial charge in [0, 0.05) is 23.8 Å². The second-order valence-electron chi connectivity index (χ2n) is 7.11. The smallest absolute Gasteiger partial charge is 0.406 e. The first kappa shape index (κ1) is 21.1. The van der Waals surface area contributed by atoms with Gasteiger partial charge in [-0.1, -0.05) is 6.42 Å². The predicted molar refractivity (Wildman–Crippen MR) is 103 cm³/mol. The molecule has 0 spiro atoms. The fourth-order valence-electron chi connectivity index (χ4n) is 3.27. The SMILES string of the molecule is O=C(Nc1nc2c(s1)CN(S(=O)(=O)c1ccc(OC(F)(F)F)cc1)CC2)C1CCC1. The number of carbonyl (C=O) groups is 1. The molecule has 0 bridgehead atoms. The molecule has 1 aromatic carbocycles. The summed E-state index contributed by atoms with van der Waals surface area (Å²) < 4.78 is 67.6. The molecule has 12 heteroatoms. The lowest BCUT2D eigenvalue weighted by atomic mass is 9.85. The number of sulfonamides is 1. The zero-order chi connectivity index (χ0) is 21.5. The normalized spacial score (nSPS) is 17.8. The molecular weight excluding hydrogens is 443 g/mol. The minimum absolute atomic E-state index is 0.0205. The molecule has 1 amide bonds. The molecule has 2 aromatic rings. The second-order valence-corrected chi connectivity index (χ2v) is 10.1. The van der Waals surface area contributed by atoms with Crippen molar-refractivity contribution >= 4 is 32.4 Å². The predicted octanol–water partition coefficient (Wildman–Crippen LogP) is 3.53. The largest absolute Gasteiger partial charge is 0.573 e. The van der Waals surface area contributed by atoms with Crippen molar-refractivity contribution in [1.29, 1.82) is 0 Å². The molecule has 1 fully saturated rings. The quantitative estimate of drug-likeness (QED) is 0.736. The molecule has 0 unspecified atom stereocenters. The highest BCUT2D eigenvalue weighted by molar-refractivity contribution is 7.89. The number of alkyl halides is 3. The third-order valence-electron chi connectivity index (χ3n) is 5.10. The molecule has 2 heterocycles. The lowest BCUT2D eigenvalue weighted by molar-refractivity contribution is -0.274. The van der Waals surface area contributed by atoms with Crippen LogP contribution in [0.1, 0.15) is 29.8 Å². The van der Waals surface area contributed by atoms with Crippen molar-refractivity contribution in [3.05, 3.63) is 34.8 Å². The highest BCUT2D eigenvalue weighted by Gasteiger charge is 2.33. The number of fused-ring (bicyclic) bond motifs is 1. The van der Waals surface area contributed by atoms with Crippen LogP contribution < -0.4 is 10.1 Å². The number of carbonyl (C=O) groups excluding carboxylic acids is 1. The number of rotatable bonds is 5. The molecule has 1 aliphatic heterocycles. The fourth-order valence-corrected chi connectivity index (χ4v) is 5.79. The van der Waals surface area contributed by atoms with E-state index in [2.05, 4.69) is 15.0 Å². The number of thiazole rings is 1. The number of anilines is 1. The summed E-state index contributed by atoms with van der Waals surface area (Å²) >= 11 is 1.25. The minimum Gasteiger partial charge on any atom is -0.406 e. The molecule has 1 aliphatic carbocycles. The highest BCUT2D eigenvalue weighted by Crippen LogP contribution is 2.33. The Balaban J connectivity index is 1.46. The first-order valence-corrected chi connectivity index (χ1v) is 11.5. The first-order valence-electron chi connectivity index (χ1n) is 9.27. The summed E-state index contributed by atoms with van der Waals surface area (Å²) in [7, 11) is -3.90. The molecule has 1 saturated carbocycles. The van der Waals surface area contributed by atoms with Gasteiger partial charge in [0.1, 0.15) is 5.75 Å². The van der Waals surface area contributed by atoms with Gasteiger partial charge in [0.05, 0.1) is 17.1 Å². The maximum Gasteiger partial charge on any atom is 0.573 e. The van der Waals surface area contributed by atoms with Gasteiger partial charge in [-0.3, -0.25) is 4.79 Å². The van der Waals surface area contributed by atoms with Crippen LogP contribution in [0.2, 0.25) is 0 Å². The monoisotopic (exact) mass is 461 g/mol. The number of hydrogen-bond donors (Lipinski definition) is 1. The van der Waals surface area contributed by atoms with Crippen LogP contribution in [0.15, 0.2) is 29.2 Å². The van der Waals surface area contributed by atoms with Gasteiger partial charge in [0.15, 0.2) is 5.13 Å². The number of aromatic nitrogens is 1. The van der Waals surface area contributed by atoms with E-state index in [1.54, 1.807) is 0 Å². The van der Waals surface area contributed by atoms with Crippen LogP contribution >= 0.6 is 11.3 Å². The molecule has 1 N–H and O–H groups in total. The number of amides is 1. The second kappa shape index (κ2) is 7.82. The van der Waals surface area contributed by atoms with Gasteiger partial charge in [-0.05, 0) is 37.1 Å². The summed E-state index contributed by atoms with van der Waals surface area (Å²) in [6.07, 6.45) is -1.67. The lowest BCUT2D eigenvalue weighted by Gasteiger charge is -2.25. The van der Waals surface area contributed by atoms with E-state index in [9.17, 15) is 26.4 Å². The Labute approximate surface area is 174 Å². The zero-order valence-corrected chi connectivity index (χ0v) is 17.2. The Morgan fingerprint density at radius 2 is 1.93 bits per heavy atom. The van der Waals surface area contributed by atoms with Crippen LogP contribution in [-0.2, 0) is 27.8 Å². The molecule has 0 saturated heterocycles. The Kier molecular flexibility index (Phi) is 5.49. The Hall–Kier alpha value is -2.18. The molecular formula is C18H18F3N3O4S2. The van der Waals surface area contributed by atoms with Gasteiger partial charge >= 0.3 is 6.36 Å². The number of benzene rings is 1.